The van der Waals surface area contributed by atoms with Crippen molar-refractivity contribution in [2.45, 2.75) is 31.5 Å². The number of rotatable bonds is 6. The minimum atomic E-state index is -4.92. The third kappa shape index (κ3) is 4.60. The van der Waals surface area contributed by atoms with Gasteiger partial charge in [-0.2, -0.15) is 13.2 Å². The predicted octanol–water partition coefficient (Wildman–Crippen LogP) is 4.41. The van der Waals surface area contributed by atoms with Crippen molar-refractivity contribution in [3.8, 4) is 11.1 Å². The van der Waals surface area contributed by atoms with Crippen LogP contribution >= 0.6 is 0 Å². The number of halogens is 3. The molecule has 0 amide bonds. The standard InChI is InChI=1S/C23H20F3N3O2/c24-23(25,26)22(30)13-21(29-31-22)18-6-3-4-16(12-18)14-28-15-19-5-1-2-7-20(19)17-8-10-27-11-9-17/h1-12,28,30H,13-15H2. The molecule has 1 unspecified atom stereocenters. The van der Waals surface area contributed by atoms with Crippen LogP contribution < -0.4 is 5.32 Å². The molecule has 2 aromatic carbocycles. The molecule has 1 aliphatic rings. The van der Waals surface area contributed by atoms with Gasteiger partial charge in [0, 0.05) is 25.5 Å². The minimum absolute atomic E-state index is 0.0599. The summed E-state index contributed by atoms with van der Waals surface area (Å²) in [6, 6.07) is 19.0. The summed E-state index contributed by atoms with van der Waals surface area (Å²) in [4.78, 5) is 8.36. The molecule has 2 heterocycles. The van der Waals surface area contributed by atoms with Crippen LogP contribution in [0, 0.1) is 0 Å². The summed E-state index contributed by atoms with van der Waals surface area (Å²) in [5.41, 5.74) is 4.72. The fourth-order valence-electron chi connectivity index (χ4n) is 3.42. The number of benzene rings is 2. The molecule has 1 atom stereocenters. The van der Waals surface area contributed by atoms with Gasteiger partial charge in [0.15, 0.2) is 0 Å². The summed E-state index contributed by atoms with van der Waals surface area (Å²) >= 11 is 0. The molecule has 0 fully saturated rings. The molecular formula is C23H20F3N3O2. The molecule has 0 bridgehead atoms. The molecular weight excluding hydrogens is 407 g/mol. The van der Waals surface area contributed by atoms with Gasteiger partial charge in [-0.05, 0) is 46.0 Å². The highest BCUT2D eigenvalue weighted by atomic mass is 19.4. The molecule has 0 radical (unpaired) electrons. The lowest BCUT2D eigenvalue weighted by Gasteiger charge is -2.22. The average Bonchev–Trinajstić information content (AvgIpc) is 3.19. The second kappa shape index (κ2) is 8.49. The van der Waals surface area contributed by atoms with Crippen LogP contribution in [0.25, 0.3) is 11.1 Å². The molecule has 5 nitrogen and oxygen atoms in total. The second-order valence-corrected chi connectivity index (χ2v) is 7.29. The lowest BCUT2D eigenvalue weighted by atomic mass is 10.00. The summed E-state index contributed by atoms with van der Waals surface area (Å²) in [6.45, 7) is 1.12. The van der Waals surface area contributed by atoms with E-state index in [0.29, 0.717) is 18.7 Å². The Morgan fingerprint density at radius 3 is 2.48 bits per heavy atom. The highest BCUT2D eigenvalue weighted by Gasteiger charge is 2.60. The first-order valence-electron chi connectivity index (χ1n) is 9.68. The second-order valence-electron chi connectivity index (χ2n) is 7.29. The van der Waals surface area contributed by atoms with Crippen LogP contribution in [-0.4, -0.2) is 27.8 Å². The SMILES string of the molecule is OC1(C(F)(F)F)CC(c2cccc(CNCc3ccccc3-c3ccncc3)c2)=NO1. The third-order valence-electron chi connectivity index (χ3n) is 5.07. The Balaban J connectivity index is 1.42. The molecule has 1 aliphatic heterocycles. The Morgan fingerprint density at radius 2 is 1.74 bits per heavy atom. The van der Waals surface area contributed by atoms with E-state index in [1.807, 2.05) is 42.5 Å². The lowest BCUT2D eigenvalue weighted by molar-refractivity contribution is -0.355. The van der Waals surface area contributed by atoms with Crippen molar-refractivity contribution in [2.24, 2.45) is 5.16 Å². The van der Waals surface area contributed by atoms with Crippen LogP contribution in [0.2, 0.25) is 0 Å². The van der Waals surface area contributed by atoms with Crippen molar-refractivity contribution < 1.29 is 23.1 Å². The highest BCUT2D eigenvalue weighted by Crippen LogP contribution is 2.39. The van der Waals surface area contributed by atoms with Crippen LogP contribution in [0.4, 0.5) is 13.2 Å². The summed E-state index contributed by atoms with van der Waals surface area (Å²) in [6.07, 6.45) is -2.16. The predicted molar refractivity (Wildman–Crippen MR) is 110 cm³/mol. The smallest absolute Gasteiger partial charge is 0.350 e. The van der Waals surface area contributed by atoms with Gasteiger partial charge < -0.3 is 15.3 Å². The van der Waals surface area contributed by atoms with Gasteiger partial charge in [-0.15, -0.1) is 0 Å². The van der Waals surface area contributed by atoms with Gasteiger partial charge in [0.25, 0.3) is 0 Å². The van der Waals surface area contributed by atoms with E-state index in [1.165, 1.54) is 0 Å². The Morgan fingerprint density at radius 1 is 0.968 bits per heavy atom. The molecule has 0 aliphatic carbocycles. The maximum absolute atomic E-state index is 12.9. The van der Waals surface area contributed by atoms with Gasteiger partial charge in [-0.25, -0.2) is 0 Å². The third-order valence-corrected chi connectivity index (χ3v) is 5.07. The highest BCUT2D eigenvalue weighted by molar-refractivity contribution is 6.01. The number of alkyl halides is 3. The van der Waals surface area contributed by atoms with Gasteiger partial charge in [-0.1, -0.05) is 47.6 Å². The molecule has 160 valence electrons. The molecule has 0 saturated carbocycles. The fourth-order valence-corrected chi connectivity index (χ4v) is 3.42. The van der Waals surface area contributed by atoms with Crippen LogP contribution in [0.5, 0.6) is 0 Å². The van der Waals surface area contributed by atoms with Gasteiger partial charge in [-0.3, -0.25) is 4.98 Å². The van der Waals surface area contributed by atoms with Crippen molar-refractivity contribution >= 4 is 5.71 Å². The zero-order valence-electron chi connectivity index (χ0n) is 16.4. The topological polar surface area (TPSA) is 66.7 Å². The zero-order valence-corrected chi connectivity index (χ0v) is 16.4. The van der Waals surface area contributed by atoms with Crippen LogP contribution in [0.1, 0.15) is 23.1 Å². The van der Waals surface area contributed by atoms with Crippen LogP contribution in [-0.2, 0) is 17.9 Å². The molecule has 31 heavy (non-hydrogen) atoms. The summed E-state index contributed by atoms with van der Waals surface area (Å²) in [7, 11) is 0. The monoisotopic (exact) mass is 427 g/mol. The maximum Gasteiger partial charge on any atom is 0.458 e. The van der Waals surface area contributed by atoms with Gasteiger partial charge in [0.1, 0.15) is 0 Å². The van der Waals surface area contributed by atoms with Crippen molar-refractivity contribution in [1.82, 2.24) is 10.3 Å². The van der Waals surface area contributed by atoms with Gasteiger partial charge in [0.05, 0.1) is 12.1 Å². The Kier molecular flexibility index (Phi) is 5.75. The number of nitrogens with one attached hydrogen (secondary N) is 1. The van der Waals surface area contributed by atoms with E-state index in [1.54, 1.807) is 30.6 Å². The van der Waals surface area contributed by atoms with Crippen molar-refractivity contribution in [3.63, 3.8) is 0 Å². The molecule has 3 aromatic rings. The largest absolute Gasteiger partial charge is 0.458 e. The maximum atomic E-state index is 12.9. The van der Waals surface area contributed by atoms with E-state index in [2.05, 4.69) is 20.3 Å². The average molecular weight is 427 g/mol. The summed E-state index contributed by atoms with van der Waals surface area (Å²) < 4.78 is 38.8. The van der Waals surface area contributed by atoms with Crippen molar-refractivity contribution in [1.29, 1.82) is 0 Å². The first-order valence-corrected chi connectivity index (χ1v) is 9.68. The summed E-state index contributed by atoms with van der Waals surface area (Å²) in [5, 5.41) is 16.5. The fraction of sp³-hybridized carbons (Fsp3) is 0.217. The first-order chi connectivity index (χ1) is 14.9. The minimum Gasteiger partial charge on any atom is -0.350 e. The molecule has 2 N–H and O–H groups in total. The van der Waals surface area contributed by atoms with E-state index in [9.17, 15) is 18.3 Å². The Labute approximate surface area is 177 Å². The Hall–Kier alpha value is -3.23. The number of pyridine rings is 1. The van der Waals surface area contributed by atoms with E-state index in [4.69, 9.17) is 0 Å². The van der Waals surface area contributed by atoms with E-state index in [-0.39, 0.29) is 5.71 Å². The molecule has 0 spiro atoms. The number of aliphatic hydroxyl groups is 1. The first kappa shape index (κ1) is 21.0. The number of nitrogens with zero attached hydrogens (tertiary/aromatic N) is 2. The van der Waals surface area contributed by atoms with E-state index < -0.39 is 18.4 Å². The van der Waals surface area contributed by atoms with E-state index >= 15 is 0 Å². The number of hydrogen-bond acceptors (Lipinski definition) is 5. The quantitative estimate of drug-likeness (QED) is 0.612. The molecule has 4 rings (SSSR count). The normalized spacial score (nSPS) is 18.5. The number of oxime groups is 1. The number of hydrogen-bond donors (Lipinski definition) is 2. The van der Waals surface area contributed by atoms with Crippen molar-refractivity contribution in [2.75, 3.05) is 0 Å². The summed E-state index contributed by atoms with van der Waals surface area (Å²) in [5.74, 6) is -3.27. The molecule has 1 aromatic heterocycles. The van der Waals surface area contributed by atoms with Crippen LogP contribution in [0.3, 0.4) is 0 Å². The van der Waals surface area contributed by atoms with Crippen molar-refractivity contribution in [3.05, 3.63) is 89.7 Å². The lowest BCUT2D eigenvalue weighted by Crippen LogP contribution is -2.45. The van der Waals surface area contributed by atoms with E-state index in [0.717, 1.165) is 22.3 Å². The van der Waals surface area contributed by atoms with Gasteiger partial charge in [0.2, 0.25) is 0 Å². The Bertz CT molecular complexity index is 1090. The van der Waals surface area contributed by atoms with Crippen LogP contribution in [0.15, 0.2) is 78.2 Å². The molecule has 8 heteroatoms. The van der Waals surface area contributed by atoms with Gasteiger partial charge >= 0.3 is 12.0 Å². The molecule has 0 saturated heterocycles. The zero-order chi connectivity index (χ0) is 21.9. The number of aromatic nitrogens is 1.